The van der Waals surface area contributed by atoms with Crippen molar-refractivity contribution in [2.24, 2.45) is 0 Å². The maximum Gasteiger partial charge on any atom is 0.175 e. The van der Waals surface area contributed by atoms with Gasteiger partial charge in [0.15, 0.2) is 15.6 Å². The Balaban J connectivity index is 2.23. The first-order valence-electron chi connectivity index (χ1n) is 6.36. The number of hydrogen-bond acceptors (Lipinski definition) is 3. The number of hydrogen-bond donors (Lipinski definition) is 0. The molecule has 0 bridgehead atoms. The van der Waals surface area contributed by atoms with Crippen molar-refractivity contribution in [3.05, 3.63) is 65.0 Å². The van der Waals surface area contributed by atoms with Crippen LogP contribution >= 0.6 is 0 Å². The number of aryl methyl sites for hydroxylation is 1. The molecule has 110 valence electrons. The molecule has 0 heterocycles. The molecule has 21 heavy (non-hydrogen) atoms. The zero-order valence-electron chi connectivity index (χ0n) is 11.8. The molecule has 0 radical (unpaired) electrons. The van der Waals surface area contributed by atoms with Crippen molar-refractivity contribution in [3.8, 4) is 0 Å². The number of halogens is 1. The van der Waals surface area contributed by atoms with Crippen LogP contribution in [0.15, 0.2) is 47.4 Å². The van der Waals surface area contributed by atoms with Gasteiger partial charge < -0.3 is 0 Å². The predicted octanol–water partition coefficient (Wildman–Crippen LogP) is 2.96. The van der Waals surface area contributed by atoms with Gasteiger partial charge in [0.05, 0.1) is 4.90 Å². The minimum atomic E-state index is -3.28. The fraction of sp³-hybridized carbons (Fsp3) is 0.188. The fourth-order valence-corrected chi connectivity index (χ4v) is 2.62. The average molecular weight is 306 g/mol. The largest absolute Gasteiger partial charge is 0.294 e. The van der Waals surface area contributed by atoms with Crippen molar-refractivity contribution < 1.29 is 17.6 Å². The summed E-state index contributed by atoms with van der Waals surface area (Å²) in [6.07, 6.45) is 1.20. The molecule has 0 N–H and O–H groups in total. The molecular weight excluding hydrogens is 291 g/mol. The van der Waals surface area contributed by atoms with Crippen molar-refractivity contribution in [1.82, 2.24) is 0 Å². The molecule has 0 fully saturated rings. The number of ketones is 1. The molecule has 2 aromatic rings. The van der Waals surface area contributed by atoms with E-state index in [4.69, 9.17) is 0 Å². The Hall–Kier alpha value is -2.01. The monoisotopic (exact) mass is 306 g/mol. The minimum Gasteiger partial charge on any atom is -0.294 e. The van der Waals surface area contributed by atoms with Crippen LogP contribution in [0.4, 0.5) is 4.39 Å². The lowest BCUT2D eigenvalue weighted by atomic mass is 9.99. The van der Waals surface area contributed by atoms with Crippen LogP contribution in [0.5, 0.6) is 0 Å². The molecule has 5 heteroatoms. The third-order valence-electron chi connectivity index (χ3n) is 3.27. The van der Waals surface area contributed by atoms with Crippen molar-refractivity contribution in [1.29, 1.82) is 0 Å². The van der Waals surface area contributed by atoms with Gasteiger partial charge in [0, 0.05) is 18.2 Å². The van der Waals surface area contributed by atoms with Crippen LogP contribution in [-0.4, -0.2) is 20.5 Å². The standard InChI is InChI=1S/C16H15FO3S/c1-11-3-6-14(17)9-13(11)10-16(18)12-4-7-15(8-5-12)21(2,19)20/h3-9H,10H2,1-2H3. The van der Waals surface area contributed by atoms with Crippen LogP contribution in [-0.2, 0) is 16.3 Å². The summed E-state index contributed by atoms with van der Waals surface area (Å²) in [7, 11) is -3.28. The smallest absolute Gasteiger partial charge is 0.175 e. The van der Waals surface area contributed by atoms with E-state index in [0.717, 1.165) is 11.8 Å². The van der Waals surface area contributed by atoms with E-state index in [9.17, 15) is 17.6 Å². The van der Waals surface area contributed by atoms with Crippen LogP contribution in [0.2, 0.25) is 0 Å². The van der Waals surface area contributed by atoms with Crippen LogP contribution in [0.25, 0.3) is 0 Å². The lowest BCUT2D eigenvalue weighted by Crippen LogP contribution is -2.06. The lowest BCUT2D eigenvalue weighted by Gasteiger charge is -2.06. The SMILES string of the molecule is Cc1ccc(F)cc1CC(=O)c1ccc(S(C)(=O)=O)cc1. The maximum absolute atomic E-state index is 13.2. The Kier molecular flexibility index (Phi) is 4.23. The number of carbonyl (C=O) groups is 1. The van der Waals surface area contributed by atoms with E-state index in [1.807, 2.05) is 6.92 Å². The number of Topliss-reactive ketones (excluding diaryl/α,β-unsaturated/α-hetero) is 1. The Morgan fingerprint density at radius 1 is 1.10 bits per heavy atom. The molecule has 0 aliphatic carbocycles. The second-order valence-electron chi connectivity index (χ2n) is 4.97. The van der Waals surface area contributed by atoms with Crippen LogP contribution < -0.4 is 0 Å². The highest BCUT2D eigenvalue weighted by atomic mass is 32.2. The van der Waals surface area contributed by atoms with Gasteiger partial charge in [-0.15, -0.1) is 0 Å². The number of benzene rings is 2. The molecule has 0 atom stereocenters. The van der Waals surface area contributed by atoms with Gasteiger partial charge in [0.2, 0.25) is 0 Å². The Morgan fingerprint density at radius 3 is 2.29 bits per heavy atom. The lowest BCUT2D eigenvalue weighted by molar-refractivity contribution is 0.0992. The highest BCUT2D eigenvalue weighted by molar-refractivity contribution is 7.90. The first-order chi connectivity index (χ1) is 9.77. The molecular formula is C16H15FO3S. The van der Waals surface area contributed by atoms with E-state index in [1.165, 1.54) is 36.4 Å². The summed E-state index contributed by atoms with van der Waals surface area (Å²) in [6, 6.07) is 10.1. The number of carbonyl (C=O) groups excluding carboxylic acids is 1. The van der Waals surface area contributed by atoms with Crippen LogP contribution in [0, 0.1) is 12.7 Å². The van der Waals surface area contributed by atoms with Crippen molar-refractivity contribution in [2.45, 2.75) is 18.2 Å². The molecule has 0 amide bonds. The van der Waals surface area contributed by atoms with Crippen molar-refractivity contribution >= 4 is 15.6 Å². The summed E-state index contributed by atoms with van der Waals surface area (Å²) in [6.45, 7) is 1.81. The highest BCUT2D eigenvalue weighted by Gasteiger charge is 2.12. The fourth-order valence-electron chi connectivity index (χ4n) is 1.99. The van der Waals surface area contributed by atoms with Gasteiger partial charge in [-0.1, -0.05) is 18.2 Å². The van der Waals surface area contributed by atoms with Gasteiger partial charge in [-0.05, 0) is 42.3 Å². The van der Waals surface area contributed by atoms with Crippen molar-refractivity contribution in [3.63, 3.8) is 0 Å². The van der Waals surface area contributed by atoms with E-state index in [0.29, 0.717) is 11.1 Å². The third-order valence-corrected chi connectivity index (χ3v) is 4.40. The second kappa shape index (κ2) is 5.77. The van der Waals surface area contributed by atoms with Crippen molar-refractivity contribution in [2.75, 3.05) is 6.26 Å². The summed E-state index contributed by atoms with van der Waals surface area (Å²) in [5, 5.41) is 0. The molecule has 0 spiro atoms. The molecule has 0 saturated heterocycles. The number of sulfone groups is 1. The van der Waals surface area contributed by atoms with Gasteiger partial charge in [0.1, 0.15) is 5.82 Å². The summed E-state index contributed by atoms with van der Waals surface area (Å²) < 4.78 is 35.9. The van der Waals surface area contributed by atoms with E-state index in [-0.39, 0.29) is 22.9 Å². The topological polar surface area (TPSA) is 51.2 Å². The summed E-state index contributed by atoms with van der Waals surface area (Å²) in [4.78, 5) is 12.3. The van der Waals surface area contributed by atoms with Crippen LogP contribution in [0.1, 0.15) is 21.5 Å². The highest BCUT2D eigenvalue weighted by Crippen LogP contribution is 2.15. The average Bonchev–Trinajstić information content (AvgIpc) is 2.42. The molecule has 2 aromatic carbocycles. The van der Waals surface area contributed by atoms with Gasteiger partial charge in [-0.2, -0.15) is 0 Å². The van der Waals surface area contributed by atoms with Gasteiger partial charge >= 0.3 is 0 Å². The number of rotatable bonds is 4. The first kappa shape index (κ1) is 15.4. The Morgan fingerprint density at radius 2 is 1.71 bits per heavy atom. The Bertz CT molecular complexity index is 778. The molecule has 2 rings (SSSR count). The maximum atomic E-state index is 13.2. The molecule has 0 aliphatic heterocycles. The van der Waals surface area contributed by atoms with E-state index in [2.05, 4.69) is 0 Å². The minimum absolute atomic E-state index is 0.0851. The zero-order valence-corrected chi connectivity index (χ0v) is 12.6. The third kappa shape index (κ3) is 3.76. The first-order valence-corrected chi connectivity index (χ1v) is 8.25. The van der Waals surface area contributed by atoms with E-state index >= 15 is 0 Å². The van der Waals surface area contributed by atoms with E-state index in [1.54, 1.807) is 6.07 Å². The zero-order chi connectivity index (χ0) is 15.6. The second-order valence-corrected chi connectivity index (χ2v) is 6.98. The van der Waals surface area contributed by atoms with Crippen LogP contribution in [0.3, 0.4) is 0 Å². The quantitative estimate of drug-likeness (QED) is 0.816. The molecule has 0 aliphatic rings. The molecule has 0 aromatic heterocycles. The summed E-state index contributed by atoms with van der Waals surface area (Å²) >= 11 is 0. The van der Waals surface area contributed by atoms with Gasteiger partial charge in [-0.25, -0.2) is 12.8 Å². The van der Waals surface area contributed by atoms with Gasteiger partial charge in [-0.3, -0.25) is 4.79 Å². The predicted molar refractivity (Wildman–Crippen MR) is 78.7 cm³/mol. The molecule has 0 unspecified atom stereocenters. The van der Waals surface area contributed by atoms with E-state index < -0.39 is 9.84 Å². The molecule has 0 saturated carbocycles. The summed E-state index contributed by atoms with van der Waals surface area (Å²) in [5.41, 5.74) is 1.88. The normalized spacial score (nSPS) is 11.4. The molecule has 3 nitrogen and oxygen atoms in total. The van der Waals surface area contributed by atoms with Gasteiger partial charge in [0.25, 0.3) is 0 Å². The summed E-state index contributed by atoms with van der Waals surface area (Å²) in [5.74, 6) is -0.556. The Labute approximate surface area is 123 Å².